The third-order valence-corrected chi connectivity index (χ3v) is 2.61. The van der Waals surface area contributed by atoms with Gasteiger partial charge in [0, 0.05) is 5.69 Å². The number of rotatable bonds is 10. The van der Waals surface area contributed by atoms with Crippen molar-refractivity contribution in [3.8, 4) is 0 Å². The lowest BCUT2D eigenvalue weighted by molar-refractivity contribution is -0.303. The lowest BCUT2D eigenvalue weighted by Crippen LogP contribution is -2.08. The van der Waals surface area contributed by atoms with Crippen molar-refractivity contribution in [3.05, 3.63) is 29.3 Å². The van der Waals surface area contributed by atoms with E-state index >= 15 is 0 Å². The number of nitrogen functional groups attached to an aromatic ring is 1. The molecule has 0 aliphatic carbocycles. The van der Waals surface area contributed by atoms with Crippen LogP contribution in [-0.4, -0.2) is 23.7 Å². The molecule has 24 heavy (non-hydrogen) atoms. The van der Waals surface area contributed by atoms with Crippen LogP contribution >= 0.6 is 0 Å². The summed E-state index contributed by atoms with van der Waals surface area (Å²) in [5.41, 5.74) is 7.81. The van der Waals surface area contributed by atoms with Crippen LogP contribution in [0, 0.1) is 0 Å². The highest BCUT2D eigenvalue weighted by molar-refractivity contribution is 5.76. The predicted octanol–water partition coefficient (Wildman–Crippen LogP) is 3.06. The Labute approximate surface area is 142 Å². The van der Waals surface area contributed by atoms with Crippen molar-refractivity contribution in [2.45, 2.75) is 53.2 Å². The lowest BCUT2D eigenvalue weighted by atomic mass is 10.1. The minimum Gasteiger partial charge on any atom is -0.481 e. The molecule has 1 aromatic rings. The van der Waals surface area contributed by atoms with E-state index in [1.165, 1.54) is 0 Å². The summed E-state index contributed by atoms with van der Waals surface area (Å²) in [7, 11) is 0. The molecule has 0 aromatic heterocycles. The van der Waals surface area contributed by atoms with E-state index in [0.29, 0.717) is 17.9 Å². The van der Waals surface area contributed by atoms with Gasteiger partial charge in [-0.15, -0.1) is 0 Å². The first-order chi connectivity index (χ1) is 11.5. The quantitative estimate of drug-likeness (QED) is 0.221. The average Bonchev–Trinajstić information content (AvgIpc) is 2.56. The molecule has 1 rings (SSSR count). The first-order valence-corrected chi connectivity index (χ1v) is 8.01. The normalized spacial score (nSPS) is 9.79. The van der Waals surface area contributed by atoms with Crippen molar-refractivity contribution in [2.75, 3.05) is 12.3 Å². The van der Waals surface area contributed by atoms with Crippen LogP contribution in [-0.2, 0) is 37.3 Å². The monoisotopic (exact) mass is 341 g/mol. The molecular formula is C17H27NO6. The number of benzene rings is 1. The van der Waals surface area contributed by atoms with Gasteiger partial charge in [-0.05, 0) is 35.7 Å². The Hall–Kier alpha value is -2.12. The van der Waals surface area contributed by atoms with Gasteiger partial charge in [-0.1, -0.05) is 20.8 Å². The van der Waals surface area contributed by atoms with E-state index in [9.17, 15) is 9.59 Å². The van der Waals surface area contributed by atoms with Crippen molar-refractivity contribution in [2.24, 2.45) is 0 Å². The number of carbonyl (C=O) groups is 2. The molecule has 0 heterocycles. The fourth-order valence-corrected chi connectivity index (χ4v) is 1.65. The maximum atomic E-state index is 11.4. The van der Waals surface area contributed by atoms with Crippen LogP contribution in [0.2, 0.25) is 0 Å². The average molecular weight is 341 g/mol. The second-order valence-electron chi connectivity index (χ2n) is 4.72. The van der Waals surface area contributed by atoms with Gasteiger partial charge in [-0.2, -0.15) is 0 Å². The lowest BCUT2D eigenvalue weighted by Gasteiger charge is -2.09. The Morgan fingerprint density at radius 2 is 1.67 bits per heavy atom. The van der Waals surface area contributed by atoms with Gasteiger partial charge >= 0.3 is 11.9 Å². The Bertz CT molecular complexity index is 504. The van der Waals surface area contributed by atoms with Crippen LogP contribution in [0.4, 0.5) is 5.69 Å². The fourth-order valence-electron chi connectivity index (χ4n) is 1.65. The summed E-state index contributed by atoms with van der Waals surface area (Å²) in [5.74, 6) is -1.60. The number of hydrogen-bond acceptors (Lipinski definition) is 6. The molecule has 7 heteroatoms. The topological polar surface area (TPSA) is 108 Å². The van der Waals surface area contributed by atoms with E-state index in [2.05, 4.69) is 0 Å². The van der Waals surface area contributed by atoms with E-state index < -0.39 is 11.9 Å². The molecule has 0 atom stereocenters. The van der Waals surface area contributed by atoms with E-state index in [1.807, 2.05) is 20.8 Å². The van der Waals surface area contributed by atoms with Crippen molar-refractivity contribution in [1.82, 2.24) is 0 Å². The summed E-state index contributed by atoms with van der Waals surface area (Å²) < 4.78 is 5.00. The number of nitrogens with two attached hydrogens (primary N) is 1. The summed E-state index contributed by atoms with van der Waals surface area (Å²) in [6.07, 6.45) is 0.455. The zero-order valence-corrected chi connectivity index (χ0v) is 14.5. The van der Waals surface area contributed by atoms with Gasteiger partial charge in [0.15, 0.2) is 0 Å². The molecule has 1 aromatic carbocycles. The number of hydrogen-bond donors (Lipinski definition) is 2. The van der Waals surface area contributed by atoms with Crippen LogP contribution in [0.25, 0.3) is 0 Å². The SMILES string of the molecule is CC.CCCOOCc1cc(N)cc(COC(=O)CCC(=O)O)c1. The van der Waals surface area contributed by atoms with Gasteiger partial charge in [-0.3, -0.25) is 9.59 Å². The number of carbonyl (C=O) groups excluding carboxylic acids is 1. The van der Waals surface area contributed by atoms with Gasteiger partial charge < -0.3 is 15.6 Å². The van der Waals surface area contributed by atoms with Crippen molar-refractivity contribution < 1.29 is 29.2 Å². The minimum absolute atomic E-state index is 0.0340. The zero-order valence-electron chi connectivity index (χ0n) is 14.5. The summed E-state index contributed by atoms with van der Waals surface area (Å²) >= 11 is 0. The van der Waals surface area contributed by atoms with Crippen LogP contribution in [0.1, 0.15) is 51.2 Å². The summed E-state index contributed by atoms with van der Waals surface area (Å²) in [6.45, 7) is 6.76. The van der Waals surface area contributed by atoms with Gasteiger partial charge in [0.1, 0.15) is 13.2 Å². The van der Waals surface area contributed by atoms with Crippen LogP contribution in [0.15, 0.2) is 18.2 Å². The van der Waals surface area contributed by atoms with E-state index in [-0.39, 0.29) is 26.1 Å². The van der Waals surface area contributed by atoms with Gasteiger partial charge in [-0.25, -0.2) is 9.78 Å². The highest BCUT2D eigenvalue weighted by Crippen LogP contribution is 2.14. The standard InChI is InChI=1S/C15H21NO6.C2H6/c1-2-5-21-22-10-12-6-11(7-13(16)8-12)9-20-15(19)4-3-14(17)18;1-2/h6-8H,2-5,9-10,16H2,1H3,(H,17,18);1-2H3. The maximum absolute atomic E-state index is 11.4. The van der Waals surface area contributed by atoms with E-state index in [4.69, 9.17) is 25.4 Å². The molecule has 0 unspecified atom stereocenters. The maximum Gasteiger partial charge on any atom is 0.306 e. The molecule has 0 fully saturated rings. The van der Waals surface area contributed by atoms with Crippen LogP contribution in [0.3, 0.4) is 0 Å². The van der Waals surface area contributed by atoms with Crippen LogP contribution in [0.5, 0.6) is 0 Å². The number of anilines is 1. The molecule has 0 aliphatic rings. The first-order valence-electron chi connectivity index (χ1n) is 8.01. The molecular weight excluding hydrogens is 314 g/mol. The Morgan fingerprint density at radius 3 is 2.25 bits per heavy atom. The summed E-state index contributed by atoms with van der Waals surface area (Å²) in [4.78, 5) is 31.7. The van der Waals surface area contributed by atoms with Crippen molar-refractivity contribution in [1.29, 1.82) is 0 Å². The molecule has 3 N–H and O–H groups in total. The molecule has 0 aliphatic heterocycles. The molecule has 0 saturated carbocycles. The zero-order chi connectivity index (χ0) is 18.4. The molecule has 7 nitrogen and oxygen atoms in total. The predicted molar refractivity (Wildman–Crippen MR) is 89.9 cm³/mol. The fraction of sp³-hybridized carbons (Fsp3) is 0.529. The third-order valence-electron chi connectivity index (χ3n) is 2.61. The molecule has 0 spiro atoms. The molecule has 0 bridgehead atoms. The summed E-state index contributed by atoms with van der Waals surface area (Å²) in [5, 5.41) is 8.49. The Balaban J connectivity index is 0.00000254. The second kappa shape index (κ2) is 13.3. The number of ether oxygens (including phenoxy) is 1. The smallest absolute Gasteiger partial charge is 0.306 e. The Morgan fingerprint density at radius 1 is 1.04 bits per heavy atom. The van der Waals surface area contributed by atoms with Gasteiger partial charge in [0.05, 0.1) is 19.4 Å². The van der Waals surface area contributed by atoms with Crippen LogP contribution < -0.4 is 5.73 Å². The highest BCUT2D eigenvalue weighted by atomic mass is 17.2. The number of carboxylic acid groups (broad SMARTS) is 1. The molecule has 136 valence electrons. The highest BCUT2D eigenvalue weighted by Gasteiger charge is 2.08. The minimum atomic E-state index is -1.03. The van der Waals surface area contributed by atoms with Crippen molar-refractivity contribution in [3.63, 3.8) is 0 Å². The van der Waals surface area contributed by atoms with E-state index in [1.54, 1.807) is 18.2 Å². The summed E-state index contributed by atoms with van der Waals surface area (Å²) in [6, 6.07) is 5.21. The van der Waals surface area contributed by atoms with E-state index in [0.717, 1.165) is 12.0 Å². The molecule has 0 amide bonds. The second-order valence-corrected chi connectivity index (χ2v) is 4.72. The van der Waals surface area contributed by atoms with Crippen molar-refractivity contribution >= 4 is 17.6 Å². The number of esters is 1. The number of carboxylic acids is 1. The molecule has 0 radical (unpaired) electrons. The third kappa shape index (κ3) is 10.6. The van der Waals surface area contributed by atoms with Gasteiger partial charge in [0.25, 0.3) is 0 Å². The first kappa shape index (κ1) is 21.9. The largest absolute Gasteiger partial charge is 0.481 e. The van der Waals surface area contributed by atoms with Gasteiger partial charge in [0.2, 0.25) is 0 Å². The number of aliphatic carboxylic acids is 1. The molecule has 0 saturated heterocycles. The Kier molecular flexibility index (Phi) is 12.2.